The molecule has 0 saturated carbocycles. The molecule has 0 aliphatic heterocycles. The second kappa shape index (κ2) is 368. The van der Waals surface area contributed by atoms with E-state index in [1.54, 1.807) is 0 Å². The standard InChI is InChI=1S/2Na.H2O4S.20H2O/c;;1-5(2,3)4;;;;;;;;;;;;;;;;;;;;/h;;(H2,1,2,3,4);20*1H2/q2*+1;;;;;;;;;;;;;;;;;;;;;/p-2. The summed E-state index contributed by atoms with van der Waals surface area (Å²) < 4.78 is 34.1. The Morgan fingerprint density at radius 1 is 0.296 bits per heavy atom. The molecule has 0 rings (SSSR count). The Morgan fingerprint density at radius 3 is 0.296 bits per heavy atom. The fourth-order valence-electron chi connectivity index (χ4n) is 0. The molecule has 0 unspecified atom stereocenters. The third-order valence-corrected chi connectivity index (χ3v) is 0. The molecule has 27 heteroatoms. The van der Waals surface area contributed by atoms with Gasteiger partial charge in [0.1, 0.15) is 0 Å². The van der Waals surface area contributed by atoms with Crippen LogP contribution in [0.3, 0.4) is 0 Å². The molecule has 0 aliphatic rings. The molecule has 0 heterocycles. The Balaban J connectivity index is -0.000000000346. The van der Waals surface area contributed by atoms with Gasteiger partial charge in [-0.15, -0.1) is 0 Å². The molecule has 27 heavy (non-hydrogen) atoms. The summed E-state index contributed by atoms with van der Waals surface area (Å²) in [7, 11) is -5.17. The van der Waals surface area contributed by atoms with Crippen molar-refractivity contribution in [1.29, 1.82) is 0 Å². The summed E-state index contributed by atoms with van der Waals surface area (Å²) in [6.07, 6.45) is 0. The second-order valence-corrected chi connectivity index (χ2v) is 1.22. The van der Waals surface area contributed by atoms with E-state index in [0.717, 1.165) is 0 Å². The van der Waals surface area contributed by atoms with Crippen LogP contribution in [0.2, 0.25) is 0 Å². The topological polar surface area (TPSA) is 710 Å². The van der Waals surface area contributed by atoms with Crippen LogP contribution in [0, 0.1) is 0 Å². The summed E-state index contributed by atoms with van der Waals surface area (Å²) >= 11 is 0. The number of hydrogen-bond donors (Lipinski definition) is 0. The molecule has 192 valence electrons. The van der Waals surface area contributed by atoms with Gasteiger partial charge in [-0.2, -0.15) is 0 Å². The molecule has 0 spiro atoms. The fourth-order valence-corrected chi connectivity index (χ4v) is 0. The normalized spacial score (nSPS) is 2.15. The van der Waals surface area contributed by atoms with Gasteiger partial charge in [-0.05, 0) is 0 Å². The van der Waals surface area contributed by atoms with E-state index in [0.29, 0.717) is 0 Å². The third-order valence-electron chi connectivity index (χ3n) is 0. The predicted molar refractivity (Wildman–Crippen MR) is 82.8 cm³/mol. The van der Waals surface area contributed by atoms with E-state index in [1.165, 1.54) is 0 Å². The van der Waals surface area contributed by atoms with Crippen LogP contribution in [0.4, 0.5) is 0 Å². The Kier molecular flexibility index (Phi) is 10900. The smallest absolute Gasteiger partial charge is 0.759 e. The minimum atomic E-state index is -5.17. The van der Waals surface area contributed by atoms with Crippen LogP contribution in [0.15, 0.2) is 0 Å². The van der Waals surface area contributed by atoms with Gasteiger partial charge in [-0.1, -0.05) is 0 Å². The Labute approximate surface area is 195 Å². The molecule has 0 aromatic heterocycles. The van der Waals surface area contributed by atoms with Gasteiger partial charge >= 0.3 is 59.1 Å². The van der Waals surface area contributed by atoms with Crippen molar-refractivity contribution in [2.45, 2.75) is 0 Å². The summed E-state index contributed by atoms with van der Waals surface area (Å²) in [5.41, 5.74) is 0. The molecule has 0 fully saturated rings. The monoisotopic (exact) mass is 502 g/mol. The van der Waals surface area contributed by atoms with Crippen molar-refractivity contribution in [3.8, 4) is 0 Å². The minimum Gasteiger partial charge on any atom is -0.759 e. The zero-order chi connectivity index (χ0) is 4.50. The van der Waals surface area contributed by atoms with Crippen LogP contribution >= 0.6 is 0 Å². The van der Waals surface area contributed by atoms with Gasteiger partial charge in [0, 0.05) is 10.4 Å². The summed E-state index contributed by atoms with van der Waals surface area (Å²) in [5.74, 6) is 0. The molecular formula is H40Na2O24S. The maximum Gasteiger partial charge on any atom is 1.00 e. The van der Waals surface area contributed by atoms with Crippen LogP contribution < -0.4 is 59.1 Å². The van der Waals surface area contributed by atoms with Crippen LogP contribution in [-0.2, 0) is 10.4 Å². The van der Waals surface area contributed by atoms with E-state index >= 15 is 0 Å². The summed E-state index contributed by atoms with van der Waals surface area (Å²) in [6, 6.07) is 0. The van der Waals surface area contributed by atoms with Crippen LogP contribution in [-0.4, -0.2) is 127 Å². The first-order valence-corrected chi connectivity index (χ1v) is 2.00. The molecule has 0 bridgehead atoms. The number of rotatable bonds is 0. The second-order valence-electron chi connectivity index (χ2n) is 0.408. The van der Waals surface area contributed by atoms with Gasteiger partial charge in [0.25, 0.3) is 0 Å². The molecule has 0 atom stereocenters. The fraction of sp³-hybridized carbons (Fsp3) is 0. The maximum absolute atomic E-state index is 8.52. The van der Waals surface area contributed by atoms with Crippen LogP contribution in [0.1, 0.15) is 0 Å². The average Bonchev–Trinajstić information content (AvgIpc) is 0.722. The Bertz CT molecular complexity index is 99.5. The number of hydrogen-bond acceptors (Lipinski definition) is 4. The van der Waals surface area contributed by atoms with Crippen molar-refractivity contribution in [3.63, 3.8) is 0 Å². The Morgan fingerprint density at radius 2 is 0.296 bits per heavy atom. The molecule has 24 nitrogen and oxygen atoms in total. The third kappa shape index (κ3) is 14900. The van der Waals surface area contributed by atoms with E-state index in [-0.39, 0.29) is 169 Å². The predicted octanol–water partition coefficient (Wildman–Crippen LogP) is -23.8. The zero-order valence-corrected chi connectivity index (χ0v) is 18.9. The molecule has 0 radical (unpaired) electrons. The summed E-state index contributed by atoms with van der Waals surface area (Å²) in [6.45, 7) is 0. The van der Waals surface area contributed by atoms with Crippen molar-refractivity contribution >= 4 is 10.4 Å². The van der Waals surface area contributed by atoms with Crippen molar-refractivity contribution in [2.75, 3.05) is 0 Å². The first kappa shape index (κ1) is 800. The van der Waals surface area contributed by atoms with Gasteiger partial charge in [0.05, 0.1) is 0 Å². The van der Waals surface area contributed by atoms with Gasteiger partial charge in [-0.25, -0.2) is 0 Å². The largest absolute Gasteiger partial charge is 1.00 e. The Hall–Kier alpha value is 1.07. The van der Waals surface area contributed by atoms with Gasteiger partial charge in [0.15, 0.2) is 0 Å². The van der Waals surface area contributed by atoms with Crippen molar-refractivity contribution in [3.05, 3.63) is 0 Å². The summed E-state index contributed by atoms with van der Waals surface area (Å²) in [5, 5.41) is 0. The van der Waals surface area contributed by atoms with Crippen molar-refractivity contribution in [1.82, 2.24) is 0 Å². The van der Waals surface area contributed by atoms with Crippen molar-refractivity contribution < 1.29 is 186 Å². The van der Waals surface area contributed by atoms with E-state index < -0.39 is 10.4 Å². The molecule has 0 amide bonds. The minimum absolute atomic E-state index is 0. The quantitative estimate of drug-likeness (QED) is 0.177. The molecule has 40 N–H and O–H groups in total. The van der Waals surface area contributed by atoms with E-state index in [1.807, 2.05) is 0 Å². The van der Waals surface area contributed by atoms with E-state index in [4.69, 9.17) is 17.5 Å². The first-order chi connectivity index (χ1) is 2.00. The van der Waals surface area contributed by atoms with Gasteiger partial charge in [-0.3, -0.25) is 8.42 Å². The van der Waals surface area contributed by atoms with E-state index in [9.17, 15) is 0 Å². The molecular weight excluding hydrogens is 462 g/mol. The zero-order valence-electron chi connectivity index (χ0n) is 14.0. The van der Waals surface area contributed by atoms with E-state index in [2.05, 4.69) is 0 Å². The van der Waals surface area contributed by atoms with Crippen LogP contribution in [0.25, 0.3) is 0 Å². The molecule has 0 saturated heterocycles. The maximum atomic E-state index is 8.52. The average molecular weight is 502 g/mol. The van der Waals surface area contributed by atoms with Gasteiger partial charge < -0.3 is 119 Å². The van der Waals surface area contributed by atoms with Crippen LogP contribution in [0.5, 0.6) is 0 Å². The molecule has 0 aromatic carbocycles. The molecule has 0 aromatic rings. The van der Waals surface area contributed by atoms with Crippen molar-refractivity contribution in [2.24, 2.45) is 0 Å². The molecule has 0 aliphatic carbocycles. The SMILES string of the molecule is O.O.O.O.O.O.O.O.O.O.O.O.O.O.O.O.O.O.O.O.O=S(=O)([O-])[O-].[Na+].[Na+]. The summed E-state index contributed by atoms with van der Waals surface area (Å²) in [4.78, 5) is 0. The van der Waals surface area contributed by atoms with Gasteiger partial charge in [0.2, 0.25) is 0 Å². The first-order valence-electron chi connectivity index (χ1n) is 0.667.